The number of carbonyl (C=O) groups is 1. The van der Waals surface area contributed by atoms with Gasteiger partial charge in [-0.15, -0.1) is 0 Å². The van der Waals surface area contributed by atoms with Gasteiger partial charge in [0, 0.05) is 24.9 Å². The molecule has 1 aromatic carbocycles. The Morgan fingerprint density at radius 3 is 2.64 bits per heavy atom. The van der Waals surface area contributed by atoms with Crippen molar-refractivity contribution in [1.29, 1.82) is 0 Å². The number of nitrogens with one attached hydrogen (secondary N) is 2. The molecule has 0 spiro atoms. The Morgan fingerprint density at radius 2 is 1.93 bits per heavy atom. The van der Waals surface area contributed by atoms with Crippen LogP contribution in [-0.4, -0.2) is 20.1 Å². The lowest BCUT2D eigenvalue weighted by atomic mass is 10.1. The Kier molecular flexibility index (Phi) is 6.01. The number of aryl methyl sites for hydroxylation is 1. The summed E-state index contributed by atoms with van der Waals surface area (Å²) in [4.78, 5) is 19.9. The van der Waals surface area contributed by atoms with E-state index in [1.807, 2.05) is 0 Å². The highest BCUT2D eigenvalue weighted by Crippen LogP contribution is 2.27. The van der Waals surface area contributed by atoms with Crippen molar-refractivity contribution in [2.45, 2.75) is 18.7 Å². The molecule has 1 unspecified atom stereocenters. The fourth-order valence-corrected chi connectivity index (χ4v) is 3.75. The van der Waals surface area contributed by atoms with Crippen LogP contribution in [0.25, 0.3) is 11.1 Å². The Labute approximate surface area is 168 Å². The van der Waals surface area contributed by atoms with Crippen LogP contribution in [0.5, 0.6) is 0 Å². The predicted molar refractivity (Wildman–Crippen MR) is 108 cm³/mol. The maximum atomic E-state index is 13.2. The molecule has 0 fully saturated rings. The number of pyridine rings is 2. The molecule has 2 aromatic heterocycles. The van der Waals surface area contributed by atoms with Gasteiger partial charge in [-0.25, -0.2) is 13.6 Å². The Balaban J connectivity index is 1.89. The molecular weight excluding hydrogens is 403 g/mol. The zero-order valence-corrected chi connectivity index (χ0v) is 16.6. The predicted octanol–water partition coefficient (Wildman–Crippen LogP) is 4.34. The molecule has 0 saturated carbocycles. The van der Waals surface area contributed by atoms with E-state index < -0.39 is 16.8 Å². The number of aromatic nitrogens is 2. The van der Waals surface area contributed by atoms with Crippen molar-refractivity contribution in [3.63, 3.8) is 0 Å². The fourth-order valence-electron chi connectivity index (χ4n) is 2.43. The van der Waals surface area contributed by atoms with E-state index in [0.717, 1.165) is 17.2 Å². The summed E-state index contributed by atoms with van der Waals surface area (Å²) in [5.74, 6) is -0.305. The second-order valence-electron chi connectivity index (χ2n) is 5.91. The molecule has 0 saturated heterocycles. The van der Waals surface area contributed by atoms with E-state index in [1.165, 1.54) is 19.1 Å². The quantitative estimate of drug-likeness (QED) is 0.645. The van der Waals surface area contributed by atoms with Gasteiger partial charge in [0.2, 0.25) is 5.91 Å². The number of carbonyl (C=O) groups excluding carboxylic acids is 1. The minimum absolute atomic E-state index is 0.0710. The molecule has 6 nitrogen and oxygen atoms in total. The Morgan fingerprint density at radius 1 is 1.14 bits per heavy atom. The first kappa shape index (κ1) is 19.9. The van der Waals surface area contributed by atoms with Crippen LogP contribution >= 0.6 is 11.6 Å². The van der Waals surface area contributed by atoms with Gasteiger partial charge in [-0.2, -0.15) is 0 Å². The summed E-state index contributed by atoms with van der Waals surface area (Å²) >= 11 is 5.99. The number of nitrogens with zero attached hydrogens (tertiary/aromatic N) is 2. The first-order valence-electron chi connectivity index (χ1n) is 8.17. The van der Waals surface area contributed by atoms with Gasteiger partial charge >= 0.3 is 0 Å². The summed E-state index contributed by atoms with van der Waals surface area (Å²) in [6, 6.07) is 8.95. The lowest BCUT2D eigenvalue weighted by Gasteiger charge is -2.12. The third kappa shape index (κ3) is 4.71. The van der Waals surface area contributed by atoms with Gasteiger partial charge in [0.25, 0.3) is 0 Å². The van der Waals surface area contributed by atoms with Crippen molar-refractivity contribution in [2.75, 3.05) is 10.0 Å². The number of anilines is 2. The molecule has 28 heavy (non-hydrogen) atoms. The molecule has 144 valence electrons. The average molecular weight is 419 g/mol. The minimum Gasteiger partial charge on any atom is -0.311 e. The maximum absolute atomic E-state index is 13.2. The number of hydrogen-bond donors (Lipinski definition) is 2. The van der Waals surface area contributed by atoms with E-state index in [9.17, 15) is 13.4 Å². The number of amides is 1. The van der Waals surface area contributed by atoms with E-state index in [2.05, 4.69) is 20.0 Å². The smallest absolute Gasteiger partial charge is 0.222 e. The van der Waals surface area contributed by atoms with Crippen molar-refractivity contribution >= 4 is 40.0 Å². The van der Waals surface area contributed by atoms with E-state index in [0.29, 0.717) is 17.2 Å². The van der Waals surface area contributed by atoms with Crippen LogP contribution in [0.1, 0.15) is 12.6 Å². The van der Waals surface area contributed by atoms with Crippen LogP contribution in [0, 0.1) is 12.7 Å². The maximum Gasteiger partial charge on any atom is 0.222 e. The summed E-state index contributed by atoms with van der Waals surface area (Å²) in [5, 5.41) is 2.70. The van der Waals surface area contributed by atoms with Crippen LogP contribution in [0.4, 0.5) is 15.9 Å². The average Bonchev–Trinajstić information content (AvgIpc) is 2.63. The molecule has 2 heterocycles. The topological polar surface area (TPSA) is 84.0 Å². The number of benzene rings is 1. The molecule has 0 radical (unpaired) electrons. The largest absolute Gasteiger partial charge is 0.311 e. The zero-order chi connectivity index (χ0) is 20.3. The van der Waals surface area contributed by atoms with Gasteiger partial charge < -0.3 is 5.32 Å². The van der Waals surface area contributed by atoms with Crippen molar-refractivity contribution in [3.05, 3.63) is 65.3 Å². The van der Waals surface area contributed by atoms with Gasteiger partial charge in [-0.1, -0.05) is 11.6 Å². The Hall–Kier alpha value is -2.84. The number of hydrogen-bond acceptors (Lipinski definition) is 4. The van der Waals surface area contributed by atoms with Gasteiger partial charge in [0.15, 0.2) is 11.0 Å². The van der Waals surface area contributed by atoms with Crippen molar-refractivity contribution in [1.82, 2.24) is 9.97 Å². The first-order chi connectivity index (χ1) is 13.3. The van der Waals surface area contributed by atoms with Crippen LogP contribution in [0.3, 0.4) is 0 Å². The molecule has 3 aromatic rings. The summed E-state index contributed by atoms with van der Waals surface area (Å²) in [5.41, 5.74) is 2.68. The van der Waals surface area contributed by atoms with Crippen molar-refractivity contribution in [2.24, 2.45) is 0 Å². The number of rotatable bonds is 5. The molecule has 1 atom stereocenters. The fraction of sp³-hybridized carbons (Fsp3) is 0.105. The molecule has 0 aliphatic carbocycles. The Bertz CT molecular complexity index is 1080. The molecule has 0 aliphatic heterocycles. The van der Waals surface area contributed by atoms with Gasteiger partial charge in [0.1, 0.15) is 11.6 Å². The second kappa shape index (κ2) is 8.45. The standard InChI is InChI=1S/C19H16ClFN4O2S/c1-11-17(25-28(27)18-4-3-15(21)9-16(18)20)7-14(10-23-11)13-5-6-22-19(8-13)24-12(2)26/h3-10,25H,1-2H3,(H,22,24,26). The van der Waals surface area contributed by atoms with Crippen molar-refractivity contribution < 1.29 is 13.4 Å². The molecule has 3 rings (SSSR count). The normalized spacial score (nSPS) is 11.7. The molecule has 9 heteroatoms. The van der Waals surface area contributed by atoms with Crippen LogP contribution in [0.15, 0.2) is 53.7 Å². The highest BCUT2D eigenvalue weighted by atomic mass is 35.5. The van der Waals surface area contributed by atoms with Gasteiger partial charge in [0.05, 0.1) is 21.3 Å². The minimum atomic E-state index is -1.70. The second-order valence-corrected chi connectivity index (χ2v) is 7.50. The molecular formula is C19H16ClFN4O2S. The first-order valence-corrected chi connectivity index (χ1v) is 9.70. The number of halogens is 2. The lowest BCUT2D eigenvalue weighted by molar-refractivity contribution is -0.114. The third-order valence-electron chi connectivity index (χ3n) is 3.78. The monoisotopic (exact) mass is 418 g/mol. The molecule has 2 N–H and O–H groups in total. The van der Waals surface area contributed by atoms with E-state index in [4.69, 9.17) is 11.6 Å². The third-order valence-corrected chi connectivity index (χ3v) is 5.37. The SMILES string of the molecule is CC(=O)Nc1cc(-c2cnc(C)c(NS(=O)c3ccc(F)cc3Cl)c2)ccn1. The summed E-state index contributed by atoms with van der Waals surface area (Å²) in [6.07, 6.45) is 3.24. The summed E-state index contributed by atoms with van der Waals surface area (Å²) in [7, 11) is -1.70. The van der Waals surface area contributed by atoms with E-state index in [1.54, 1.807) is 37.5 Å². The molecule has 0 aliphatic rings. The zero-order valence-electron chi connectivity index (χ0n) is 15.0. The van der Waals surface area contributed by atoms with Crippen LogP contribution < -0.4 is 10.0 Å². The van der Waals surface area contributed by atoms with Crippen LogP contribution in [0.2, 0.25) is 5.02 Å². The highest BCUT2D eigenvalue weighted by molar-refractivity contribution is 7.86. The molecule has 1 amide bonds. The highest BCUT2D eigenvalue weighted by Gasteiger charge is 2.13. The lowest BCUT2D eigenvalue weighted by Crippen LogP contribution is -2.08. The van der Waals surface area contributed by atoms with Crippen molar-refractivity contribution in [3.8, 4) is 11.1 Å². The molecule has 0 bridgehead atoms. The van der Waals surface area contributed by atoms with Gasteiger partial charge in [-0.3, -0.25) is 14.5 Å². The van der Waals surface area contributed by atoms with E-state index in [-0.39, 0.29) is 15.8 Å². The van der Waals surface area contributed by atoms with Gasteiger partial charge in [-0.05, 0) is 48.9 Å². The van der Waals surface area contributed by atoms with E-state index >= 15 is 0 Å². The van der Waals surface area contributed by atoms with Crippen LogP contribution in [-0.2, 0) is 15.8 Å². The summed E-state index contributed by atoms with van der Waals surface area (Å²) in [6.45, 7) is 3.17. The summed E-state index contributed by atoms with van der Waals surface area (Å²) < 4.78 is 28.7.